The Labute approximate surface area is 130 Å². The van der Waals surface area contributed by atoms with Gasteiger partial charge < -0.3 is 4.74 Å². The summed E-state index contributed by atoms with van der Waals surface area (Å²) in [5.41, 5.74) is 3.35. The summed E-state index contributed by atoms with van der Waals surface area (Å²) in [5.74, 6) is 0.0259. The molecule has 0 radical (unpaired) electrons. The summed E-state index contributed by atoms with van der Waals surface area (Å²) in [7, 11) is 0. The molecular formula is C16H22N2O4. The molecule has 1 aliphatic heterocycles. The lowest BCUT2D eigenvalue weighted by Gasteiger charge is -2.26. The van der Waals surface area contributed by atoms with Crippen molar-refractivity contribution < 1.29 is 14.5 Å². The van der Waals surface area contributed by atoms with Crippen LogP contribution in [-0.4, -0.2) is 48.5 Å². The number of carbonyl (C=O) groups excluding carboxylic acids is 1. The zero-order valence-corrected chi connectivity index (χ0v) is 13.6. The van der Waals surface area contributed by atoms with E-state index in [1.807, 2.05) is 0 Å². The summed E-state index contributed by atoms with van der Waals surface area (Å²) in [6.45, 7) is 10.1. The van der Waals surface area contributed by atoms with Crippen molar-refractivity contribution >= 4 is 11.5 Å². The molecule has 1 aliphatic rings. The molecule has 0 aliphatic carbocycles. The third kappa shape index (κ3) is 3.03. The molecule has 1 fully saturated rings. The molecule has 1 aromatic rings. The van der Waals surface area contributed by atoms with Gasteiger partial charge in [-0.05, 0) is 38.8 Å². The Morgan fingerprint density at radius 2 is 1.59 bits per heavy atom. The van der Waals surface area contributed by atoms with E-state index in [1.54, 1.807) is 27.7 Å². The normalized spacial score (nSPS) is 15.8. The molecule has 1 saturated heterocycles. The summed E-state index contributed by atoms with van der Waals surface area (Å²) in [6, 6.07) is 0. The van der Waals surface area contributed by atoms with Crippen LogP contribution in [0.3, 0.4) is 0 Å². The fourth-order valence-electron chi connectivity index (χ4n) is 3.03. The highest BCUT2D eigenvalue weighted by Crippen LogP contribution is 2.32. The lowest BCUT2D eigenvalue weighted by Crippen LogP contribution is -2.39. The Bertz CT molecular complexity index is 590. The first-order valence-electron chi connectivity index (χ1n) is 7.42. The minimum atomic E-state index is -0.360. The largest absolute Gasteiger partial charge is 0.379 e. The molecule has 22 heavy (non-hydrogen) atoms. The molecule has 0 amide bonds. The number of ether oxygens (including phenoxy) is 1. The number of nitro groups is 1. The SMILES string of the molecule is Cc1c(C)c([N+](=O)[O-])c(C)c(C)c1C(=O)CN1CCOCC1. The molecular weight excluding hydrogens is 284 g/mol. The van der Waals surface area contributed by atoms with Gasteiger partial charge in [-0.25, -0.2) is 0 Å². The number of nitrogens with zero attached hydrogens (tertiary/aromatic N) is 2. The van der Waals surface area contributed by atoms with Crippen molar-refractivity contribution in [2.75, 3.05) is 32.8 Å². The number of ketones is 1. The smallest absolute Gasteiger partial charge is 0.275 e. The first kappa shape index (κ1) is 16.6. The Balaban J connectivity index is 2.38. The fourth-order valence-corrected chi connectivity index (χ4v) is 3.03. The van der Waals surface area contributed by atoms with Gasteiger partial charge in [0.05, 0.1) is 24.7 Å². The summed E-state index contributed by atoms with van der Waals surface area (Å²) < 4.78 is 5.29. The van der Waals surface area contributed by atoms with Gasteiger partial charge in [0.1, 0.15) is 0 Å². The van der Waals surface area contributed by atoms with Crippen LogP contribution in [0.15, 0.2) is 0 Å². The zero-order chi connectivity index (χ0) is 16.4. The number of nitro benzene ring substituents is 1. The van der Waals surface area contributed by atoms with Gasteiger partial charge in [0, 0.05) is 29.8 Å². The van der Waals surface area contributed by atoms with E-state index in [-0.39, 0.29) is 16.4 Å². The van der Waals surface area contributed by atoms with E-state index in [2.05, 4.69) is 4.90 Å². The van der Waals surface area contributed by atoms with E-state index in [9.17, 15) is 14.9 Å². The monoisotopic (exact) mass is 306 g/mol. The van der Waals surface area contributed by atoms with Crippen molar-refractivity contribution in [2.45, 2.75) is 27.7 Å². The van der Waals surface area contributed by atoms with Crippen molar-refractivity contribution in [3.05, 3.63) is 37.9 Å². The molecule has 0 unspecified atom stereocenters. The van der Waals surface area contributed by atoms with Crippen LogP contribution in [0.1, 0.15) is 32.6 Å². The quantitative estimate of drug-likeness (QED) is 0.485. The van der Waals surface area contributed by atoms with Crippen LogP contribution in [0.25, 0.3) is 0 Å². The fraction of sp³-hybridized carbons (Fsp3) is 0.562. The van der Waals surface area contributed by atoms with E-state index >= 15 is 0 Å². The molecule has 6 nitrogen and oxygen atoms in total. The maximum Gasteiger partial charge on any atom is 0.275 e. The molecule has 0 spiro atoms. The molecule has 1 heterocycles. The van der Waals surface area contributed by atoms with Crippen molar-refractivity contribution in [1.82, 2.24) is 4.90 Å². The highest BCUT2D eigenvalue weighted by molar-refractivity contribution is 6.01. The minimum Gasteiger partial charge on any atom is -0.379 e. The molecule has 0 atom stereocenters. The number of Topliss-reactive ketones (excluding diaryl/α,β-unsaturated/α-hetero) is 1. The number of rotatable bonds is 4. The Hall–Kier alpha value is -1.79. The standard InChI is InChI=1S/C16H22N2O4/c1-10-12(3)16(18(20)21)13(4)11(2)15(10)14(19)9-17-5-7-22-8-6-17/h5-9H2,1-4H3. The third-order valence-electron chi connectivity index (χ3n) is 4.52. The summed E-state index contributed by atoms with van der Waals surface area (Å²) in [4.78, 5) is 25.6. The van der Waals surface area contributed by atoms with Crippen LogP contribution in [-0.2, 0) is 4.74 Å². The van der Waals surface area contributed by atoms with Crippen molar-refractivity contribution in [3.63, 3.8) is 0 Å². The van der Waals surface area contributed by atoms with E-state index in [4.69, 9.17) is 4.74 Å². The number of morpholine rings is 1. The highest BCUT2D eigenvalue weighted by Gasteiger charge is 2.26. The first-order valence-corrected chi connectivity index (χ1v) is 7.42. The van der Waals surface area contributed by atoms with Crippen molar-refractivity contribution in [2.24, 2.45) is 0 Å². The predicted octanol–water partition coefficient (Wildman–Crippen LogP) is 2.34. The number of carbonyl (C=O) groups is 1. The molecule has 6 heteroatoms. The maximum absolute atomic E-state index is 12.7. The van der Waals surface area contributed by atoms with Crippen molar-refractivity contribution in [1.29, 1.82) is 0 Å². The summed E-state index contributed by atoms with van der Waals surface area (Å²) >= 11 is 0. The van der Waals surface area contributed by atoms with Crippen LogP contribution < -0.4 is 0 Å². The topological polar surface area (TPSA) is 72.7 Å². The molecule has 0 aromatic heterocycles. The van der Waals surface area contributed by atoms with E-state index in [0.717, 1.165) is 13.1 Å². The summed E-state index contributed by atoms with van der Waals surface area (Å²) in [6.07, 6.45) is 0. The van der Waals surface area contributed by atoms with Crippen LogP contribution in [0.5, 0.6) is 0 Å². The number of hydrogen-bond acceptors (Lipinski definition) is 5. The average Bonchev–Trinajstić information content (AvgIpc) is 2.46. The van der Waals surface area contributed by atoms with E-state index in [1.165, 1.54) is 0 Å². The molecule has 1 aromatic carbocycles. The first-order chi connectivity index (χ1) is 10.3. The van der Waals surface area contributed by atoms with Gasteiger partial charge >= 0.3 is 0 Å². The number of hydrogen-bond donors (Lipinski definition) is 0. The Morgan fingerprint density at radius 1 is 1.09 bits per heavy atom. The van der Waals surface area contributed by atoms with Crippen LogP contribution in [0.2, 0.25) is 0 Å². The Kier molecular flexibility index (Phi) is 4.93. The van der Waals surface area contributed by atoms with Crippen LogP contribution >= 0.6 is 0 Å². The maximum atomic E-state index is 12.7. The van der Waals surface area contributed by atoms with Crippen LogP contribution in [0.4, 0.5) is 5.69 Å². The highest BCUT2D eigenvalue weighted by atomic mass is 16.6. The third-order valence-corrected chi connectivity index (χ3v) is 4.52. The second kappa shape index (κ2) is 6.54. The van der Waals surface area contributed by atoms with Gasteiger partial charge in [-0.1, -0.05) is 0 Å². The van der Waals surface area contributed by atoms with E-state index in [0.29, 0.717) is 47.6 Å². The van der Waals surface area contributed by atoms with Gasteiger partial charge in [0.2, 0.25) is 0 Å². The lowest BCUT2D eigenvalue weighted by atomic mass is 9.89. The molecule has 0 N–H and O–H groups in total. The second-order valence-electron chi connectivity index (χ2n) is 5.79. The van der Waals surface area contributed by atoms with E-state index < -0.39 is 0 Å². The van der Waals surface area contributed by atoms with Gasteiger partial charge in [-0.2, -0.15) is 0 Å². The molecule has 120 valence electrons. The van der Waals surface area contributed by atoms with Gasteiger partial charge in [-0.15, -0.1) is 0 Å². The Morgan fingerprint density at radius 3 is 2.05 bits per heavy atom. The van der Waals surface area contributed by atoms with Crippen molar-refractivity contribution in [3.8, 4) is 0 Å². The predicted molar refractivity (Wildman–Crippen MR) is 83.6 cm³/mol. The average molecular weight is 306 g/mol. The van der Waals surface area contributed by atoms with Gasteiger partial charge in [-0.3, -0.25) is 19.8 Å². The molecule has 0 bridgehead atoms. The lowest BCUT2D eigenvalue weighted by molar-refractivity contribution is -0.386. The molecule has 2 rings (SSSR count). The second-order valence-corrected chi connectivity index (χ2v) is 5.79. The molecule has 0 saturated carbocycles. The zero-order valence-electron chi connectivity index (χ0n) is 13.6. The number of benzene rings is 1. The van der Waals surface area contributed by atoms with Gasteiger partial charge in [0.15, 0.2) is 5.78 Å². The minimum absolute atomic E-state index is 0.0259. The summed E-state index contributed by atoms with van der Waals surface area (Å²) in [5, 5.41) is 11.2. The van der Waals surface area contributed by atoms with Gasteiger partial charge in [0.25, 0.3) is 5.69 Å². The van der Waals surface area contributed by atoms with Crippen LogP contribution in [0, 0.1) is 37.8 Å².